The Bertz CT molecular complexity index is 2710. The van der Waals surface area contributed by atoms with E-state index in [-0.39, 0.29) is 23.7 Å². The minimum atomic E-state index is 0.0934. The Balaban J connectivity index is 0.753. The molecule has 2 aliphatic heterocycles. The number of rotatable bonds is 13. The lowest BCUT2D eigenvalue weighted by atomic mass is 10.0. The molecule has 0 saturated heterocycles. The van der Waals surface area contributed by atoms with Crippen LogP contribution in [-0.2, 0) is 26.1 Å². The number of hydrogen-bond acceptors (Lipinski definition) is 10. The van der Waals surface area contributed by atoms with E-state index in [4.69, 9.17) is 42.9 Å². The van der Waals surface area contributed by atoms with Gasteiger partial charge in [-0.2, -0.15) is 19.6 Å². The summed E-state index contributed by atoms with van der Waals surface area (Å²) >= 11 is 15.7. The van der Waals surface area contributed by atoms with Crippen molar-refractivity contribution in [3.63, 3.8) is 0 Å². The van der Waals surface area contributed by atoms with E-state index in [2.05, 4.69) is 93.2 Å². The molecule has 0 fully saturated rings. The van der Waals surface area contributed by atoms with Crippen molar-refractivity contribution in [1.82, 2.24) is 29.7 Å². The molecular formula is C50H40Cl2N8O2S2. The Morgan fingerprint density at radius 3 is 1.25 bits per heavy atom. The van der Waals surface area contributed by atoms with Gasteiger partial charge < -0.3 is 9.47 Å². The minimum absolute atomic E-state index is 0.0934. The SMILES string of the molecule is Clc1ccc(C2CC(c3ccccc3)=Nn3c(COc4ccc(CCc5ccc(OCc6nnc7n6N=C(c6ccccc6)CC(c6ccc(Cl)cc6)S7)cc5)cc4)nnc3S2)cc1. The largest absolute Gasteiger partial charge is 0.486 e. The second-order valence-electron chi connectivity index (χ2n) is 15.3. The third-order valence-electron chi connectivity index (χ3n) is 11.0. The summed E-state index contributed by atoms with van der Waals surface area (Å²) in [4.78, 5) is 0. The van der Waals surface area contributed by atoms with Crippen LogP contribution >= 0.6 is 46.7 Å². The highest BCUT2D eigenvalue weighted by Gasteiger charge is 2.28. The number of halogens is 2. The smallest absolute Gasteiger partial charge is 0.212 e. The fraction of sp³-hybridized carbons (Fsp3) is 0.160. The number of fused-ring (bicyclic) bond motifs is 2. The van der Waals surface area contributed by atoms with E-state index in [1.165, 1.54) is 11.1 Å². The highest BCUT2D eigenvalue weighted by Crippen LogP contribution is 2.42. The second kappa shape index (κ2) is 19.3. The first kappa shape index (κ1) is 41.8. The summed E-state index contributed by atoms with van der Waals surface area (Å²) < 4.78 is 16.1. The predicted octanol–water partition coefficient (Wildman–Crippen LogP) is 12.1. The van der Waals surface area contributed by atoms with Crippen molar-refractivity contribution in [1.29, 1.82) is 0 Å². The van der Waals surface area contributed by atoms with Gasteiger partial charge in [-0.15, -0.1) is 20.4 Å². The number of aryl methyl sites for hydroxylation is 2. The Kier molecular flexibility index (Phi) is 12.6. The molecule has 2 aliphatic rings. The summed E-state index contributed by atoms with van der Waals surface area (Å²) in [6.45, 7) is 0.452. The fourth-order valence-electron chi connectivity index (χ4n) is 7.56. The molecular weight excluding hydrogens is 880 g/mol. The van der Waals surface area contributed by atoms with Crippen LogP contribution in [0.1, 0.15) is 68.4 Å². The molecule has 0 radical (unpaired) electrons. The average molecular weight is 920 g/mol. The zero-order valence-electron chi connectivity index (χ0n) is 34.4. The van der Waals surface area contributed by atoms with Crippen LogP contribution in [-0.4, -0.2) is 41.2 Å². The number of aromatic nitrogens is 6. The molecule has 6 aromatic carbocycles. The molecule has 0 aliphatic carbocycles. The summed E-state index contributed by atoms with van der Waals surface area (Å²) in [6, 6.07) is 52.9. The predicted molar refractivity (Wildman–Crippen MR) is 255 cm³/mol. The first-order valence-electron chi connectivity index (χ1n) is 20.9. The number of thioether (sulfide) groups is 2. The number of hydrogen-bond donors (Lipinski definition) is 0. The van der Waals surface area contributed by atoms with Crippen LogP contribution in [0.5, 0.6) is 11.5 Å². The standard InChI is InChI=1S/C50H40Cl2N8O2S2/c51-39-21-17-37(18-22-39)45-29-43(35-7-3-1-4-8-35)57-59-47(53-55-49(59)63-45)31-61-41-25-13-33(14-26-41)11-12-34-15-27-42(28-16-34)62-32-48-54-56-50-60(48)58-44(36-9-5-2-6-10-36)30-46(64-50)38-19-23-40(52)24-20-38/h1-10,13-28,45-46H,11-12,29-32H2. The third-order valence-corrected chi connectivity index (χ3v) is 13.9. The summed E-state index contributed by atoms with van der Waals surface area (Å²) in [6.07, 6.45) is 3.21. The van der Waals surface area contributed by atoms with E-state index in [9.17, 15) is 0 Å². The van der Waals surface area contributed by atoms with Crippen LogP contribution in [0.4, 0.5) is 0 Å². The highest BCUT2D eigenvalue weighted by molar-refractivity contribution is 7.99. The molecule has 2 atom stereocenters. The van der Waals surface area contributed by atoms with Gasteiger partial charge in [-0.05, 0) is 94.8 Å². The Hall–Kier alpha value is -6.18. The topological polar surface area (TPSA) is 105 Å². The molecule has 0 N–H and O–H groups in total. The van der Waals surface area contributed by atoms with Crippen LogP contribution in [0.15, 0.2) is 178 Å². The maximum absolute atomic E-state index is 6.24. The molecule has 2 aromatic heterocycles. The third kappa shape index (κ3) is 9.80. The molecule has 0 amide bonds. The molecule has 2 unspecified atom stereocenters. The Morgan fingerprint density at radius 1 is 0.469 bits per heavy atom. The van der Waals surface area contributed by atoms with Crippen LogP contribution in [0.2, 0.25) is 10.0 Å². The zero-order valence-corrected chi connectivity index (χ0v) is 37.5. The van der Waals surface area contributed by atoms with Gasteiger partial charge in [0.1, 0.15) is 24.7 Å². The van der Waals surface area contributed by atoms with E-state index in [0.29, 0.717) is 21.7 Å². The fourth-order valence-corrected chi connectivity index (χ4v) is 10.1. The van der Waals surface area contributed by atoms with Crippen molar-refractivity contribution in [3.05, 3.63) is 213 Å². The molecule has 10 rings (SSSR count). The summed E-state index contributed by atoms with van der Waals surface area (Å²) in [7, 11) is 0. The van der Waals surface area contributed by atoms with Gasteiger partial charge in [0.05, 0.1) is 11.4 Å². The van der Waals surface area contributed by atoms with E-state index in [1.807, 2.05) is 94.3 Å². The summed E-state index contributed by atoms with van der Waals surface area (Å²) in [5, 5.41) is 31.2. The maximum Gasteiger partial charge on any atom is 0.212 e. The quantitative estimate of drug-likeness (QED) is 0.113. The van der Waals surface area contributed by atoms with E-state index >= 15 is 0 Å². The van der Waals surface area contributed by atoms with Crippen LogP contribution in [0.25, 0.3) is 0 Å². The highest BCUT2D eigenvalue weighted by atomic mass is 35.5. The first-order valence-corrected chi connectivity index (χ1v) is 23.4. The van der Waals surface area contributed by atoms with Crippen molar-refractivity contribution in [2.75, 3.05) is 0 Å². The molecule has 8 aromatic rings. The van der Waals surface area contributed by atoms with E-state index in [1.54, 1.807) is 23.5 Å². The summed E-state index contributed by atoms with van der Waals surface area (Å²) in [5.41, 5.74) is 8.77. The maximum atomic E-state index is 6.24. The van der Waals surface area contributed by atoms with Crippen LogP contribution in [0.3, 0.4) is 0 Å². The van der Waals surface area contributed by atoms with Crippen molar-refractivity contribution in [3.8, 4) is 11.5 Å². The lowest BCUT2D eigenvalue weighted by Gasteiger charge is -2.14. The first-order chi connectivity index (χ1) is 31.5. The molecule has 14 heteroatoms. The molecule has 0 spiro atoms. The van der Waals surface area contributed by atoms with Gasteiger partial charge in [-0.25, -0.2) is 0 Å². The Morgan fingerprint density at radius 2 is 0.859 bits per heavy atom. The van der Waals surface area contributed by atoms with Gasteiger partial charge >= 0.3 is 0 Å². The normalized spacial score (nSPS) is 15.8. The second-order valence-corrected chi connectivity index (χ2v) is 18.5. The molecule has 0 saturated carbocycles. The lowest BCUT2D eigenvalue weighted by Crippen LogP contribution is -2.09. The number of ether oxygens (including phenoxy) is 2. The van der Waals surface area contributed by atoms with Crippen molar-refractivity contribution in [2.45, 2.75) is 59.7 Å². The van der Waals surface area contributed by atoms with Gasteiger partial charge in [-0.1, -0.05) is 156 Å². The van der Waals surface area contributed by atoms with E-state index < -0.39 is 0 Å². The zero-order chi connectivity index (χ0) is 43.2. The van der Waals surface area contributed by atoms with Gasteiger partial charge in [0.15, 0.2) is 11.6 Å². The number of nitrogens with zero attached hydrogens (tertiary/aromatic N) is 8. The van der Waals surface area contributed by atoms with Crippen LogP contribution in [0, 0.1) is 0 Å². The van der Waals surface area contributed by atoms with Crippen molar-refractivity contribution < 1.29 is 9.47 Å². The van der Waals surface area contributed by atoms with Crippen molar-refractivity contribution in [2.24, 2.45) is 10.2 Å². The minimum Gasteiger partial charge on any atom is -0.486 e. The number of benzene rings is 6. The molecule has 4 heterocycles. The van der Waals surface area contributed by atoms with Gasteiger partial charge in [0, 0.05) is 33.4 Å². The molecule has 318 valence electrons. The summed E-state index contributed by atoms with van der Waals surface area (Å²) in [5.74, 6) is 2.77. The van der Waals surface area contributed by atoms with Gasteiger partial charge in [0.25, 0.3) is 0 Å². The molecule has 10 nitrogen and oxygen atoms in total. The average Bonchev–Trinajstić information content (AvgIpc) is 3.76. The Labute approximate surface area is 389 Å². The molecule has 0 bridgehead atoms. The van der Waals surface area contributed by atoms with Gasteiger partial charge in [0.2, 0.25) is 10.3 Å². The van der Waals surface area contributed by atoms with Crippen LogP contribution < -0.4 is 9.47 Å². The van der Waals surface area contributed by atoms with E-state index in [0.717, 1.165) is 81.2 Å². The van der Waals surface area contributed by atoms with Gasteiger partial charge in [-0.3, -0.25) is 0 Å². The monoisotopic (exact) mass is 918 g/mol. The molecule has 64 heavy (non-hydrogen) atoms. The van der Waals surface area contributed by atoms with Crippen molar-refractivity contribution >= 4 is 58.1 Å². The lowest BCUT2D eigenvalue weighted by molar-refractivity contribution is 0.289.